The van der Waals surface area contributed by atoms with Crippen molar-refractivity contribution >= 4 is 23.7 Å². The molecule has 7 N–H and O–H groups in total. The van der Waals surface area contributed by atoms with E-state index in [2.05, 4.69) is 10.3 Å². The Bertz CT molecular complexity index is 649. The molecule has 0 saturated heterocycles. The summed E-state index contributed by atoms with van der Waals surface area (Å²) in [7, 11) is 0. The van der Waals surface area contributed by atoms with Crippen LogP contribution >= 0.6 is 0 Å². The van der Waals surface area contributed by atoms with E-state index >= 15 is 0 Å². The molecule has 0 aliphatic heterocycles. The number of nitrogens with two attached hydrogens (primary N) is 3. The summed E-state index contributed by atoms with van der Waals surface area (Å²) >= 11 is 0. The number of carbonyl (C=O) groups excluding carboxylic acids is 2. The first-order valence-corrected chi connectivity index (χ1v) is 8.71. The summed E-state index contributed by atoms with van der Waals surface area (Å²) in [5, 5.41) is 2.56. The number of ether oxygens (including phenoxy) is 2. The lowest BCUT2D eigenvalue weighted by Crippen LogP contribution is -2.45. The summed E-state index contributed by atoms with van der Waals surface area (Å²) in [6.45, 7) is 5.73. The molecule has 1 amide bonds. The fraction of sp³-hybridized carbons (Fsp3) is 0.500. The Hall–Kier alpha value is -2.81. The van der Waals surface area contributed by atoms with Crippen LogP contribution in [0.5, 0.6) is 5.75 Å². The molecule has 1 aromatic rings. The zero-order valence-corrected chi connectivity index (χ0v) is 16.0. The van der Waals surface area contributed by atoms with E-state index in [0.29, 0.717) is 30.8 Å². The third-order valence-corrected chi connectivity index (χ3v) is 3.24. The number of nitrogens with zero attached hydrogens (tertiary/aromatic N) is 1. The van der Waals surface area contributed by atoms with Crippen molar-refractivity contribution < 1.29 is 19.1 Å². The van der Waals surface area contributed by atoms with Crippen LogP contribution in [0.2, 0.25) is 0 Å². The summed E-state index contributed by atoms with van der Waals surface area (Å²) in [5.74, 6) is -0.349. The Kier molecular flexibility index (Phi) is 8.53. The maximum Gasteiger partial charge on any atom is 0.408 e. The molecule has 9 heteroatoms. The van der Waals surface area contributed by atoms with E-state index in [1.54, 1.807) is 45.0 Å². The number of rotatable bonds is 8. The number of guanidine groups is 1. The van der Waals surface area contributed by atoms with Gasteiger partial charge in [-0.25, -0.2) is 14.6 Å². The van der Waals surface area contributed by atoms with E-state index in [4.69, 9.17) is 26.7 Å². The van der Waals surface area contributed by atoms with Crippen molar-refractivity contribution in [2.75, 3.05) is 6.54 Å². The third-order valence-electron chi connectivity index (χ3n) is 3.24. The van der Waals surface area contributed by atoms with Gasteiger partial charge in [-0.1, -0.05) is 0 Å². The molecule has 0 aliphatic rings. The molecule has 0 bridgehead atoms. The Morgan fingerprint density at radius 1 is 1.15 bits per heavy atom. The van der Waals surface area contributed by atoms with Crippen LogP contribution in [-0.4, -0.2) is 36.2 Å². The van der Waals surface area contributed by atoms with Crippen molar-refractivity contribution in [3.8, 4) is 5.75 Å². The largest absolute Gasteiger partial charge is 0.444 e. The fourth-order valence-corrected chi connectivity index (χ4v) is 2.12. The van der Waals surface area contributed by atoms with E-state index in [0.717, 1.165) is 6.42 Å². The number of hydrogen-bond donors (Lipinski definition) is 4. The minimum absolute atomic E-state index is 0.0683. The number of benzene rings is 1. The molecule has 1 rings (SSSR count). The number of amides is 1. The summed E-state index contributed by atoms with van der Waals surface area (Å²) in [6, 6.07) is 5.48. The summed E-state index contributed by atoms with van der Waals surface area (Å²) < 4.78 is 10.6. The average molecular weight is 379 g/mol. The molecule has 0 aliphatic carbocycles. The van der Waals surface area contributed by atoms with Crippen molar-refractivity contribution in [3.05, 3.63) is 24.3 Å². The van der Waals surface area contributed by atoms with Gasteiger partial charge in [0.25, 0.3) is 0 Å². The molecule has 27 heavy (non-hydrogen) atoms. The lowest BCUT2D eigenvalue weighted by molar-refractivity contribution is -0.137. The van der Waals surface area contributed by atoms with E-state index in [-0.39, 0.29) is 5.96 Å². The van der Waals surface area contributed by atoms with Crippen molar-refractivity contribution in [1.82, 2.24) is 5.32 Å². The zero-order valence-electron chi connectivity index (χ0n) is 16.0. The highest BCUT2D eigenvalue weighted by Gasteiger charge is 2.25. The Morgan fingerprint density at radius 3 is 2.30 bits per heavy atom. The second-order valence-electron chi connectivity index (χ2n) is 6.93. The van der Waals surface area contributed by atoms with Gasteiger partial charge in [-0.3, -0.25) is 0 Å². The van der Waals surface area contributed by atoms with E-state index in [9.17, 15) is 9.59 Å². The summed E-state index contributed by atoms with van der Waals surface area (Å²) in [5.41, 5.74) is 16.0. The Balaban J connectivity index is 2.76. The molecule has 0 radical (unpaired) electrons. The number of hydrogen-bond acceptors (Lipinski definition) is 6. The smallest absolute Gasteiger partial charge is 0.408 e. The summed E-state index contributed by atoms with van der Waals surface area (Å²) in [6.07, 6.45) is 1.10. The van der Waals surface area contributed by atoms with Crippen molar-refractivity contribution in [1.29, 1.82) is 0 Å². The first-order chi connectivity index (χ1) is 12.6. The molecule has 0 spiro atoms. The maximum absolute atomic E-state index is 12.5. The minimum atomic E-state index is -0.844. The highest BCUT2D eigenvalue weighted by atomic mass is 16.6. The average Bonchev–Trinajstić information content (AvgIpc) is 2.53. The van der Waals surface area contributed by atoms with Gasteiger partial charge < -0.3 is 32.0 Å². The van der Waals surface area contributed by atoms with Gasteiger partial charge in [-0.2, -0.15) is 0 Å². The van der Waals surface area contributed by atoms with Crippen LogP contribution in [-0.2, 0) is 9.53 Å². The van der Waals surface area contributed by atoms with Gasteiger partial charge >= 0.3 is 12.1 Å². The SMILES string of the molecule is CC(C)(C)OC(=O)N[C@H](CCCCN)C(=O)Oc1ccc(N=C(N)N)cc1. The first kappa shape index (κ1) is 22.2. The molecular formula is C18H29N5O4. The lowest BCUT2D eigenvalue weighted by Gasteiger charge is -2.23. The molecule has 0 aromatic heterocycles. The first-order valence-electron chi connectivity index (χ1n) is 8.71. The van der Waals surface area contributed by atoms with Crippen LogP contribution in [0.25, 0.3) is 0 Å². The van der Waals surface area contributed by atoms with Gasteiger partial charge in [0.1, 0.15) is 17.4 Å². The second-order valence-corrected chi connectivity index (χ2v) is 6.93. The minimum Gasteiger partial charge on any atom is -0.444 e. The van der Waals surface area contributed by atoms with Crippen LogP contribution in [0.3, 0.4) is 0 Å². The number of aliphatic imine (C=N–C) groups is 1. The highest BCUT2D eigenvalue weighted by molar-refractivity contribution is 5.83. The molecule has 9 nitrogen and oxygen atoms in total. The molecule has 150 valence electrons. The number of alkyl carbamates (subject to hydrolysis) is 1. The van der Waals surface area contributed by atoms with E-state index < -0.39 is 23.7 Å². The highest BCUT2D eigenvalue weighted by Crippen LogP contribution is 2.19. The number of carbonyl (C=O) groups is 2. The van der Waals surface area contributed by atoms with Gasteiger partial charge in [0.15, 0.2) is 5.96 Å². The molecule has 0 heterocycles. The predicted molar refractivity (Wildman–Crippen MR) is 104 cm³/mol. The molecule has 0 unspecified atom stereocenters. The van der Waals surface area contributed by atoms with Crippen molar-refractivity contribution in [2.45, 2.75) is 51.7 Å². The second kappa shape index (κ2) is 10.4. The van der Waals surface area contributed by atoms with Crippen molar-refractivity contribution in [3.63, 3.8) is 0 Å². The van der Waals surface area contributed by atoms with Gasteiger partial charge in [-0.15, -0.1) is 0 Å². The monoisotopic (exact) mass is 379 g/mol. The fourth-order valence-electron chi connectivity index (χ4n) is 2.12. The van der Waals surface area contributed by atoms with Crippen LogP contribution in [0, 0.1) is 0 Å². The van der Waals surface area contributed by atoms with Gasteiger partial charge in [0.2, 0.25) is 0 Å². The van der Waals surface area contributed by atoms with E-state index in [1.165, 1.54) is 0 Å². The van der Waals surface area contributed by atoms with Crippen LogP contribution < -0.4 is 27.3 Å². The van der Waals surface area contributed by atoms with Crippen LogP contribution in [0.15, 0.2) is 29.3 Å². The molecule has 1 atom stereocenters. The van der Waals surface area contributed by atoms with Crippen molar-refractivity contribution in [2.24, 2.45) is 22.2 Å². The maximum atomic E-state index is 12.5. The Morgan fingerprint density at radius 2 is 1.78 bits per heavy atom. The van der Waals surface area contributed by atoms with Gasteiger partial charge in [0.05, 0.1) is 5.69 Å². The third kappa shape index (κ3) is 9.45. The topological polar surface area (TPSA) is 155 Å². The molecule has 0 saturated carbocycles. The lowest BCUT2D eigenvalue weighted by atomic mass is 10.1. The van der Waals surface area contributed by atoms with Crippen LogP contribution in [0.1, 0.15) is 40.0 Å². The van der Waals surface area contributed by atoms with E-state index in [1.807, 2.05) is 0 Å². The Labute approximate surface area is 159 Å². The van der Waals surface area contributed by atoms with Gasteiger partial charge in [0, 0.05) is 0 Å². The number of esters is 1. The number of nitrogens with one attached hydrogen (secondary N) is 1. The zero-order chi connectivity index (χ0) is 20.4. The predicted octanol–water partition coefficient (Wildman–Crippen LogP) is 1.52. The standard InChI is InChI=1S/C18H29N5O4/c1-18(2,3)27-17(25)23-14(6-4-5-11-19)15(24)26-13-9-7-12(8-10-13)22-16(20)21/h7-10,14H,4-6,11,19H2,1-3H3,(H,23,25)(H4,20,21,22)/t14-/m1/s1. The number of unbranched alkanes of at least 4 members (excludes halogenated alkanes) is 1. The molecular weight excluding hydrogens is 350 g/mol. The molecule has 1 aromatic carbocycles. The van der Waals surface area contributed by atoms with Crippen LogP contribution in [0.4, 0.5) is 10.5 Å². The summed E-state index contributed by atoms with van der Waals surface area (Å²) in [4.78, 5) is 28.4. The van der Waals surface area contributed by atoms with Gasteiger partial charge in [-0.05, 0) is 70.8 Å². The quantitative estimate of drug-likeness (QED) is 0.175. The normalized spacial score (nSPS) is 12.0. The molecule has 0 fully saturated rings.